The lowest BCUT2D eigenvalue weighted by molar-refractivity contribution is -0.138. The third-order valence-corrected chi connectivity index (χ3v) is 1.29. The van der Waals surface area contributed by atoms with Gasteiger partial charge in [0.15, 0.2) is 0 Å². The summed E-state index contributed by atoms with van der Waals surface area (Å²) in [4.78, 5) is 19.1. The fraction of sp³-hybridized carbons (Fsp3) is 0.750. The Labute approximate surface area is 99.3 Å². The number of nitrogens with two attached hydrogens (primary N) is 2. The number of hydrogen-bond donors (Lipinski definition) is 4. The van der Waals surface area contributed by atoms with Crippen LogP contribution in [0.15, 0.2) is 0 Å². The predicted molar refractivity (Wildman–Crippen MR) is 62.7 cm³/mol. The first-order chi connectivity index (χ1) is 6.41. The lowest BCUT2D eigenvalue weighted by atomic mass is 10.1. The van der Waals surface area contributed by atoms with E-state index in [0.717, 1.165) is 19.8 Å². The van der Waals surface area contributed by atoms with Crippen molar-refractivity contribution in [3.63, 3.8) is 0 Å². The Morgan fingerprint density at radius 3 is 1.71 bits per heavy atom. The van der Waals surface area contributed by atoms with Gasteiger partial charge in [-0.25, -0.2) is 0 Å². The zero-order valence-corrected chi connectivity index (χ0v) is 9.77. The highest BCUT2D eigenvalue weighted by molar-refractivity contribution is 5.72. The number of carboxylic acid groups (broad SMARTS) is 2. The third-order valence-electron chi connectivity index (χ3n) is 1.29. The highest BCUT2D eigenvalue weighted by atomic mass is 16.4. The summed E-state index contributed by atoms with van der Waals surface area (Å²) in [6, 6.07) is -0.716. The molecule has 0 aromatic carbocycles. The molecule has 0 unspecified atom stereocenters. The quantitative estimate of drug-likeness (QED) is 0.380. The van der Waals surface area contributed by atoms with E-state index < -0.39 is 18.0 Å². The summed E-state index contributed by atoms with van der Waals surface area (Å²) in [7, 11) is 0. The molecule has 0 rings (SSSR count). The third kappa shape index (κ3) is 39.9. The Morgan fingerprint density at radius 1 is 1.12 bits per heavy atom. The van der Waals surface area contributed by atoms with Crippen LogP contribution in [0.3, 0.4) is 0 Å². The van der Waals surface area contributed by atoms with E-state index in [2.05, 4.69) is 0 Å². The lowest BCUT2D eigenvalue weighted by Crippen LogP contribution is -2.29. The molecule has 12 N–H and O–H groups in total. The number of unbranched alkanes of at least 4 members (excludes halogenated alkanes) is 1. The van der Waals surface area contributed by atoms with Gasteiger partial charge in [0.25, 0.3) is 5.97 Å². The molecule has 17 heavy (non-hydrogen) atoms. The van der Waals surface area contributed by atoms with Gasteiger partial charge >= 0.3 is 5.97 Å². The van der Waals surface area contributed by atoms with Crippen LogP contribution in [-0.2, 0) is 9.59 Å². The van der Waals surface area contributed by atoms with Gasteiger partial charge in [-0.3, -0.25) is 9.59 Å². The number of carboxylic acids is 2. The van der Waals surface area contributed by atoms with Crippen LogP contribution in [-0.4, -0.2) is 51.2 Å². The van der Waals surface area contributed by atoms with Crippen LogP contribution in [0.1, 0.15) is 26.2 Å². The minimum Gasteiger partial charge on any atom is -0.481 e. The lowest BCUT2D eigenvalue weighted by Gasteiger charge is -2.03. The van der Waals surface area contributed by atoms with Crippen molar-refractivity contribution in [2.75, 3.05) is 6.54 Å². The molecular weight excluding hydrogens is 236 g/mol. The van der Waals surface area contributed by atoms with Crippen LogP contribution >= 0.6 is 0 Å². The first-order valence-corrected chi connectivity index (χ1v) is 4.29. The normalized spacial score (nSPS) is 9.12. The molecule has 0 aromatic rings. The smallest absolute Gasteiger partial charge is 0.320 e. The average Bonchev–Trinajstić information content (AvgIpc) is 2.03. The predicted octanol–water partition coefficient (Wildman–Crippen LogP) is -2.86. The van der Waals surface area contributed by atoms with Gasteiger partial charge in [0, 0.05) is 6.92 Å². The van der Waals surface area contributed by atoms with Crippen LogP contribution in [0, 0.1) is 0 Å². The van der Waals surface area contributed by atoms with E-state index in [0.29, 0.717) is 13.0 Å². The van der Waals surface area contributed by atoms with E-state index >= 15 is 0 Å². The fourth-order valence-corrected chi connectivity index (χ4v) is 0.632. The Bertz CT molecular complexity index is 173. The number of rotatable bonds is 5. The molecule has 0 spiro atoms. The monoisotopic (exact) mass is 260 g/mol. The molecule has 0 saturated carbocycles. The van der Waals surface area contributed by atoms with Crippen LogP contribution < -0.4 is 11.5 Å². The van der Waals surface area contributed by atoms with Gasteiger partial charge in [0.1, 0.15) is 6.04 Å². The second kappa shape index (κ2) is 20.2. The second-order valence-corrected chi connectivity index (χ2v) is 2.75. The van der Waals surface area contributed by atoms with Crippen molar-refractivity contribution in [3.05, 3.63) is 0 Å². The number of carbonyl (C=O) groups is 2. The molecule has 0 heterocycles. The van der Waals surface area contributed by atoms with Crippen molar-refractivity contribution < 1.29 is 36.2 Å². The first-order valence-electron chi connectivity index (χ1n) is 4.29. The van der Waals surface area contributed by atoms with E-state index in [1.54, 1.807) is 0 Å². The maximum Gasteiger partial charge on any atom is 0.320 e. The molecule has 0 bridgehead atoms. The second-order valence-electron chi connectivity index (χ2n) is 2.75. The van der Waals surface area contributed by atoms with Crippen LogP contribution in [0.4, 0.5) is 0 Å². The zero-order valence-electron chi connectivity index (χ0n) is 9.77. The molecule has 9 heteroatoms. The minimum atomic E-state index is -0.933. The molecule has 1 atom stereocenters. The summed E-state index contributed by atoms with van der Waals surface area (Å²) in [5.74, 6) is -1.77. The molecule has 9 nitrogen and oxygen atoms in total. The Balaban J connectivity index is -0.0000000607. The van der Waals surface area contributed by atoms with Crippen molar-refractivity contribution in [2.45, 2.75) is 32.2 Å². The van der Waals surface area contributed by atoms with E-state index in [9.17, 15) is 4.79 Å². The van der Waals surface area contributed by atoms with E-state index in [1.807, 2.05) is 0 Å². The summed E-state index contributed by atoms with van der Waals surface area (Å²) in [6.45, 7) is 1.69. The summed E-state index contributed by atoms with van der Waals surface area (Å²) in [6.07, 6.45) is 2.16. The molecule has 0 saturated heterocycles. The fourth-order valence-electron chi connectivity index (χ4n) is 0.632. The summed E-state index contributed by atoms with van der Waals surface area (Å²) < 4.78 is 0. The zero-order chi connectivity index (χ0) is 11.6. The van der Waals surface area contributed by atoms with E-state index in [4.69, 9.17) is 26.5 Å². The standard InChI is InChI=1S/C6H14N2O2.C2H4O2.3H2O/c7-4-2-1-3-5(8)6(9)10;1-2(3)4;;;/h5H,1-4,7-8H2,(H,9,10);1H3,(H,3,4);3*1H2/t5-;;;;/m0..../s1. The maximum atomic E-state index is 10.1. The highest BCUT2D eigenvalue weighted by Gasteiger charge is 2.09. The molecule has 0 radical (unpaired) electrons. The summed E-state index contributed by atoms with van der Waals surface area (Å²) in [5, 5.41) is 15.7. The van der Waals surface area contributed by atoms with Gasteiger partial charge in [-0.15, -0.1) is 0 Å². The Kier molecular flexibility index (Phi) is 35.2. The van der Waals surface area contributed by atoms with Gasteiger partial charge < -0.3 is 38.1 Å². The van der Waals surface area contributed by atoms with Crippen molar-refractivity contribution >= 4 is 11.9 Å². The average molecular weight is 260 g/mol. The molecule has 0 aliphatic rings. The molecule has 108 valence electrons. The summed E-state index contributed by atoms with van der Waals surface area (Å²) >= 11 is 0. The van der Waals surface area contributed by atoms with Gasteiger partial charge in [0.05, 0.1) is 0 Å². The molecular formula is C8H24N2O7. The topological polar surface area (TPSA) is 221 Å². The SMILES string of the molecule is CC(=O)O.NCCCC[C@H](N)C(=O)O.O.O.O. The highest BCUT2D eigenvalue weighted by Crippen LogP contribution is 1.96. The molecule has 0 fully saturated rings. The van der Waals surface area contributed by atoms with E-state index in [1.165, 1.54) is 0 Å². The summed E-state index contributed by atoms with van der Waals surface area (Å²) in [5.41, 5.74) is 10.4. The van der Waals surface area contributed by atoms with Crippen molar-refractivity contribution in [1.29, 1.82) is 0 Å². The van der Waals surface area contributed by atoms with Gasteiger partial charge in [-0.05, 0) is 19.4 Å². The Hall–Kier alpha value is -1.26. The van der Waals surface area contributed by atoms with Gasteiger partial charge in [-0.1, -0.05) is 6.42 Å². The van der Waals surface area contributed by atoms with Crippen LogP contribution in [0.5, 0.6) is 0 Å². The molecule has 0 aliphatic heterocycles. The Morgan fingerprint density at radius 2 is 1.47 bits per heavy atom. The molecule has 0 aliphatic carbocycles. The van der Waals surface area contributed by atoms with Crippen molar-refractivity contribution in [3.8, 4) is 0 Å². The molecule has 0 aromatic heterocycles. The van der Waals surface area contributed by atoms with E-state index in [-0.39, 0.29) is 16.4 Å². The van der Waals surface area contributed by atoms with Gasteiger partial charge in [0.2, 0.25) is 0 Å². The van der Waals surface area contributed by atoms with Crippen LogP contribution in [0.2, 0.25) is 0 Å². The number of hydrogen-bond acceptors (Lipinski definition) is 4. The van der Waals surface area contributed by atoms with Crippen molar-refractivity contribution in [1.82, 2.24) is 0 Å². The van der Waals surface area contributed by atoms with Crippen LogP contribution in [0.25, 0.3) is 0 Å². The van der Waals surface area contributed by atoms with Crippen molar-refractivity contribution in [2.24, 2.45) is 11.5 Å². The molecule has 0 amide bonds. The largest absolute Gasteiger partial charge is 0.481 e. The van der Waals surface area contributed by atoms with Gasteiger partial charge in [-0.2, -0.15) is 0 Å². The maximum absolute atomic E-state index is 10.1. The first kappa shape index (κ1) is 29.6. The minimum absolute atomic E-state index is 0. The number of aliphatic carboxylic acids is 2.